The number of likely N-dealkylation sites (N-methyl/N-ethyl adjacent to an activating group) is 1. The van der Waals surface area contributed by atoms with Gasteiger partial charge in [0.15, 0.2) is 13.1 Å². The first-order valence-electron chi connectivity index (χ1n) is 10.8. The number of halogens is 1. The summed E-state index contributed by atoms with van der Waals surface area (Å²) in [6, 6.07) is 12.5. The molecule has 0 radical (unpaired) electrons. The number of carbonyl (C=O) groups is 2. The van der Waals surface area contributed by atoms with Crippen molar-refractivity contribution in [3.63, 3.8) is 0 Å². The Morgan fingerprint density at radius 3 is 2.29 bits per heavy atom. The quantitative estimate of drug-likeness (QED) is 0.573. The van der Waals surface area contributed by atoms with Gasteiger partial charge in [0, 0.05) is 24.8 Å². The second kappa shape index (κ2) is 10.5. The number of carbonyl (C=O) groups excluding carboxylic acids is 2. The van der Waals surface area contributed by atoms with Gasteiger partial charge in [-0.25, -0.2) is 4.39 Å². The van der Waals surface area contributed by atoms with Crippen LogP contribution in [0.4, 0.5) is 10.1 Å². The minimum absolute atomic E-state index is 0.00867. The molecule has 6 nitrogen and oxygen atoms in total. The number of nitrogens with one attached hydrogen (secondary N) is 3. The Kier molecular flexibility index (Phi) is 7.76. The SMILES string of the molecule is Cc1cccc(NC(=O)C[NH+]2CC[NH+](CC(=O)N(C)Cc3ccccc3F)CC2)c1C. The Balaban J connectivity index is 1.42. The summed E-state index contributed by atoms with van der Waals surface area (Å²) in [6.45, 7) is 8.52. The van der Waals surface area contributed by atoms with Crippen LogP contribution in [-0.2, 0) is 16.1 Å². The van der Waals surface area contributed by atoms with Crippen LogP contribution in [0, 0.1) is 19.7 Å². The Hall–Kier alpha value is -2.77. The molecule has 1 aliphatic heterocycles. The third kappa shape index (κ3) is 6.35. The molecule has 0 saturated carbocycles. The van der Waals surface area contributed by atoms with Gasteiger partial charge in [0.05, 0.1) is 0 Å². The van der Waals surface area contributed by atoms with Gasteiger partial charge in [-0.3, -0.25) is 9.59 Å². The van der Waals surface area contributed by atoms with E-state index in [1.54, 1.807) is 30.1 Å². The summed E-state index contributed by atoms with van der Waals surface area (Å²) in [5, 5.41) is 3.03. The van der Waals surface area contributed by atoms with Crippen molar-refractivity contribution in [1.29, 1.82) is 0 Å². The fourth-order valence-electron chi connectivity index (χ4n) is 3.94. The van der Waals surface area contributed by atoms with Gasteiger partial charge < -0.3 is 20.0 Å². The van der Waals surface area contributed by atoms with Crippen molar-refractivity contribution in [3.8, 4) is 0 Å². The molecule has 2 aromatic carbocycles. The van der Waals surface area contributed by atoms with Crippen LogP contribution in [0.2, 0.25) is 0 Å². The summed E-state index contributed by atoms with van der Waals surface area (Å²) in [4.78, 5) is 29.1. The molecule has 1 fully saturated rings. The number of amides is 2. The largest absolute Gasteiger partial charge is 0.336 e. The Bertz CT molecular complexity index is 926. The van der Waals surface area contributed by atoms with E-state index in [2.05, 4.69) is 5.32 Å². The van der Waals surface area contributed by atoms with Gasteiger partial charge in [-0.05, 0) is 37.1 Å². The highest BCUT2D eigenvalue weighted by Crippen LogP contribution is 2.17. The number of rotatable bonds is 7. The van der Waals surface area contributed by atoms with Crippen molar-refractivity contribution >= 4 is 17.5 Å². The fourth-order valence-corrected chi connectivity index (χ4v) is 3.94. The number of quaternary nitrogens is 2. The zero-order valence-electron chi connectivity index (χ0n) is 18.6. The molecular formula is C24H33FN4O2+2. The Morgan fingerprint density at radius 1 is 0.968 bits per heavy atom. The van der Waals surface area contributed by atoms with Gasteiger partial charge in [0.1, 0.15) is 32.0 Å². The van der Waals surface area contributed by atoms with E-state index in [9.17, 15) is 14.0 Å². The summed E-state index contributed by atoms with van der Waals surface area (Å²) in [6.07, 6.45) is 0. The fraction of sp³-hybridized carbons (Fsp3) is 0.417. The Morgan fingerprint density at radius 2 is 1.61 bits per heavy atom. The van der Waals surface area contributed by atoms with Crippen molar-refractivity contribution in [2.24, 2.45) is 0 Å². The number of piperazine rings is 1. The van der Waals surface area contributed by atoms with Gasteiger partial charge in [0.2, 0.25) is 0 Å². The van der Waals surface area contributed by atoms with Crippen LogP contribution in [-0.4, -0.2) is 63.0 Å². The van der Waals surface area contributed by atoms with Crippen molar-refractivity contribution in [2.75, 3.05) is 51.6 Å². The van der Waals surface area contributed by atoms with Crippen LogP contribution in [0.25, 0.3) is 0 Å². The second-order valence-electron chi connectivity index (χ2n) is 8.49. The maximum absolute atomic E-state index is 13.8. The average Bonchev–Trinajstić information content (AvgIpc) is 2.74. The molecule has 3 rings (SSSR count). The number of nitrogens with zero attached hydrogens (tertiary/aromatic N) is 1. The molecule has 2 amide bonds. The molecule has 1 heterocycles. The minimum Gasteiger partial charge on any atom is -0.336 e. The van der Waals surface area contributed by atoms with Crippen LogP contribution in [0.5, 0.6) is 0 Å². The van der Waals surface area contributed by atoms with Crippen molar-refractivity contribution < 1.29 is 23.8 Å². The first-order chi connectivity index (χ1) is 14.8. The van der Waals surface area contributed by atoms with Gasteiger partial charge in [0.25, 0.3) is 11.8 Å². The van der Waals surface area contributed by atoms with E-state index in [1.165, 1.54) is 15.9 Å². The highest BCUT2D eigenvalue weighted by Gasteiger charge is 2.27. The molecule has 0 unspecified atom stereocenters. The summed E-state index contributed by atoms with van der Waals surface area (Å²) in [7, 11) is 1.72. The molecule has 0 atom stereocenters. The van der Waals surface area contributed by atoms with Crippen molar-refractivity contribution in [2.45, 2.75) is 20.4 Å². The normalized spacial score (nSPS) is 18.5. The van der Waals surface area contributed by atoms with Gasteiger partial charge >= 0.3 is 0 Å². The zero-order valence-corrected chi connectivity index (χ0v) is 18.6. The highest BCUT2D eigenvalue weighted by atomic mass is 19.1. The van der Waals surface area contributed by atoms with Crippen LogP contribution in [0.3, 0.4) is 0 Å². The van der Waals surface area contributed by atoms with E-state index in [4.69, 9.17) is 0 Å². The topological polar surface area (TPSA) is 58.3 Å². The molecule has 2 aromatic rings. The second-order valence-corrected chi connectivity index (χ2v) is 8.49. The lowest BCUT2D eigenvalue weighted by atomic mass is 10.1. The first-order valence-corrected chi connectivity index (χ1v) is 10.8. The van der Waals surface area contributed by atoms with E-state index >= 15 is 0 Å². The molecule has 0 spiro atoms. The van der Waals surface area contributed by atoms with Crippen molar-refractivity contribution in [3.05, 3.63) is 65.0 Å². The van der Waals surface area contributed by atoms with Crippen LogP contribution < -0.4 is 15.1 Å². The summed E-state index contributed by atoms with van der Waals surface area (Å²) in [5.41, 5.74) is 3.65. The van der Waals surface area contributed by atoms with E-state index in [0.29, 0.717) is 18.7 Å². The summed E-state index contributed by atoms with van der Waals surface area (Å²) in [5.74, 6) is -0.256. The summed E-state index contributed by atoms with van der Waals surface area (Å²) >= 11 is 0. The third-order valence-corrected chi connectivity index (χ3v) is 6.15. The van der Waals surface area contributed by atoms with Crippen molar-refractivity contribution in [1.82, 2.24) is 4.90 Å². The average molecular weight is 429 g/mol. The molecule has 1 aliphatic rings. The van der Waals surface area contributed by atoms with Crippen LogP contribution in [0.15, 0.2) is 42.5 Å². The molecular weight excluding hydrogens is 395 g/mol. The molecule has 7 heteroatoms. The predicted molar refractivity (Wildman–Crippen MR) is 119 cm³/mol. The maximum Gasteiger partial charge on any atom is 0.279 e. The molecule has 31 heavy (non-hydrogen) atoms. The zero-order chi connectivity index (χ0) is 22.4. The van der Waals surface area contributed by atoms with E-state index in [-0.39, 0.29) is 24.2 Å². The Labute approximate surface area is 183 Å². The molecule has 1 saturated heterocycles. The standard InChI is InChI=1S/C24H31FN4O2/c1-18-7-6-10-22(19(18)2)26-23(30)16-28-11-13-29(14-12-28)17-24(31)27(3)15-20-8-4-5-9-21(20)25/h4-10H,11-17H2,1-3H3,(H,26,30)/p+2. The van der Waals surface area contributed by atoms with E-state index in [0.717, 1.165) is 43.0 Å². The van der Waals surface area contributed by atoms with Crippen LogP contribution >= 0.6 is 0 Å². The lowest BCUT2D eigenvalue weighted by molar-refractivity contribution is -1.00. The van der Waals surface area contributed by atoms with Gasteiger partial charge in [-0.1, -0.05) is 30.3 Å². The van der Waals surface area contributed by atoms with E-state index < -0.39 is 0 Å². The molecule has 3 N–H and O–H groups in total. The molecule has 0 bridgehead atoms. The van der Waals surface area contributed by atoms with Gasteiger partial charge in [-0.2, -0.15) is 0 Å². The van der Waals surface area contributed by atoms with Gasteiger partial charge in [-0.15, -0.1) is 0 Å². The maximum atomic E-state index is 13.8. The number of benzene rings is 2. The highest BCUT2D eigenvalue weighted by molar-refractivity contribution is 5.92. The molecule has 0 aliphatic carbocycles. The smallest absolute Gasteiger partial charge is 0.279 e. The molecule has 166 valence electrons. The monoisotopic (exact) mass is 428 g/mol. The number of hydrogen-bond acceptors (Lipinski definition) is 2. The lowest BCUT2D eigenvalue weighted by Gasteiger charge is -2.30. The van der Waals surface area contributed by atoms with Crippen LogP contribution in [0.1, 0.15) is 16.7 Å². The minimum atomic E-state index is -0.286. The molecule has 0 aromatic heterocycles. The number of aryl methyl sites for hydroxylation is 1. The number of hydrogen-bond donors (Lipinski definition) is 3. The first kappa shape index (κ1) is 22.9. The number of anilines is 1. The lowest BCUT2D eigenvalue weighted by Crippen LogP contribution is -3.28. The van der Waals surface area contributed by atoms with E-state index in [1.807, 2.05) is 32.0 Å². The predicted octanol–water partition coefficient (Wildman–Crippen LogP) is -0.177. The summed E-state index contributed by atoms with van der Waals surface area (Å²) < 4.78 is 13.8. The third-order valence-electron chi connectivity index (χ3n) is 6.15.